The highest BCUT2D eigenvalue weighted by atomic mass is 35.5. The minimum Gasteiger partial charge on any atom is -0.444 e. The van der Waals surface area contributed by atoms with E-state index in [1.54, 1.807) is 23.2 Å². The number of likely N-dealkylation sites (tertiary alicyclic amines) is 1. The monoisotopic (exact) mass is 662 g/mol. The molecule has 0 aliphatic carbocycles. The number of hydrogen-bond donors (Lipinski definition) is 1. The van der Waals surface area contributed by atoms with Crippen LogP contribution in [0.1, 0.15) is 45.3 Å². The molecule has 4 heterocycles. The summed E-state index contributed by atoms with van der Waals surface area (Å²) in [5, 5.41) is 7.35. The van der Waals surface area contributed by atoms with Gasteiger partial charge >= 0.3 is 11.8 Å². The Kier molecular flexibility index (Phi) is 7.91. The number of aromatic nitrogens is 5. The maximum atomic E-state index is 13.8. The number of ether oxygens (including phenoxy) is 1. The van der Waals surface area contributed by atoms with Crippen molar-refractivity contribution in [2.75, 3.05) is 13.1 Å². The Hall–Kier alpha value is -5.22. The number of hydrogen-bond acceptors (Lipinski definition) is 6. The van der Waals surface area contributed by atoms with Gasteiger partial charge in [-0.05, 0) is 69.9 Å². The molecule has 3 aromatic heterocycles. The lowest BCUT2D eigenvalue weighted by Crippen LogP contribution is -2.42. The average Bonchev–Trinajstić information content (AvgIpc) is 3.45. The fourth-order valence-corrected chi connectivity index (χ4v) is 6.77. The Balaban J connectivity index is 1.23. The molecule has 11 heteroatoms. The first-order chi connectivity index (χ1) is 23.0. The van der Waals surface area contributed by atoms with Gasteiger partial charge < -0.3 is 14.6 Å². The molecule has 3 aromatic carbocycles. The molecule has 0 saturated carbocycles. The summed E-state index contributed by atoms with van der Waals surface area (Å²) in [6, 6.07) is 18.7. The number of piperidine rings is 1. The van der Waals surface area contributed by atoms with E-state index in [0.717, 1.165) is 56.1 Å². The number of fused-ring (bicyclic) bond motifs is 2. The van der Waals surface area contributed by atoms with Gasteiger partial charge in [0.05, 0.1) is 34.5 Å². The van der Waals surface area contributed by atoms with E-state index in [2.05, 4.69) is 9.97 Å². The van der Waals surface area contributed by atoms with Gasteiger partial charge in [0.25, 0.3) is 5.56 Å². The van der Waals surface area contributed by atoms with Crippen LogP contribution in [0.2, 0.25) is 5.02 Å². The summed E-state index contributed by atoms with van der Waals surface area (Å²) in [4.78, 5) is 48.7. The van der Waals surface area contributed by atoms with E-state index in [1.807, 2.05) is 87.1 Å². The van der Waals surface area contributed by atoms with Crippen molar-refractivity contribution in [2.24, 2.45) is 0 Å². The SMILES string of the molecule is Cc1nn(C2CCN(C(=O)OC(C)(C)C)CC2)cc1-c1cccc(Cl)c1-c1ccc2c(=O)n(-c3cncc4ccccc34)c(=O)[nH]c2c1. The number of benzene rings is 3. The molecule has 0 unspecified atom stereocenters. The molecule has 0 spiro atoms. The minimum atomic E-state index is -0.558. The van der Waals surface area contributed by atoms with Gasteiger partial charge in [-0.1, -0.05) is 54.1 Å². The van der Waals surface area contributed by atoms with Crippen LogP contribution in [0.5, 0.6) is 0 Å². The number of nitrogens with one attached hydrogen (secondary N) is 1. The van der Waals surface area contributed by atoms with E-state index >= 15 is 0 Å². The molecule has 7 rings (SSSR count). The molecule has 0 atom stereocenters. The van der Waals surface area contributed by atoms with Crippen LogP contribution in [0.4, 0.5) is 4.79 Å². The van der Waals surface area contributed by atoms with Crippen LogP contribution in [0.25, 0.3) is 49.6 Å². The van der Waals surface area contributed by atoms with Crippen LogP contribution < -0.4 is 11.2 Å². The lowest BCUT2D eigenvalue weighted by atomic mass is 9.94. The Morgan fingerprint density at radius 2 is 1.73 bits per heavy atom. The van der Waals surface area contributed by atoms with E-state index < -0.39 is 16.9 Å². The third-order valence-electron chi connectivity index (χ3n) is 8.79. The van der Waals surface area contributed by atoms with Crippen LogP contribution in [0, 0.1) is 6.92 Å². The summed E-state index contributed by atoms with van der Waals surface area (Å²) in [6.07, 6.45) is 6.50. The summed E-state index contributed by atoms with van der Waals surface area (Å²) in [7, 11) is 0. The van der Waals surface area contributed by atoms with Crippen molar-refractivity contribution < 1.29 is 9.53 Å². The van der Waals surface area contributed by atoms with Crippen LogP contribution in [-0.4, -0.2) is 54.0 Å². The number of aromatic amines is 1. The predicted molar refractivity (Wildman–Crippen MR) is 188 cm³/mol. The van der Waals surface area contributed by atoms with Crippen molar-refractivity contribution in [3.8, 4) is 27.9 Å². The van der Waals surface area contributed by atoms with Gasteiger partial charge in [0.2, 0.25) is 0 Å². The lowest BCUT2D eigenvalue weighted by Gasteiger charge is -2.33. The van der Waals surface area contributed by atoms with Crippen molar-refractivity contribution >= 4 is 39.4 Å². The molecule has 10 nitrogen and oxygen atoms in total. The van der Waals surface area contributed by atoms with Crippen LogP contribution in [0.15, 0.2) is 88.8 Å². The Bertz CT molecular complexity index is 2320. The second kappa shape index (κ2) is 12.1. The number of H-pyrrole nitrogens is 1. The van der Waals surface area contributed by atoms with Crippen molar-refractivity contribution in [2.45, 2.75) is 52.2 Å². The summed E-state index contributed by atoms with van der Waals surface area (Å²) < 4.78 is 8.68. The predicted octanol–water partition coefficient (Wildman–Crippen LogP) is 7.29. The minimum absolute atomic E-state index is 0.128. The number of aryl methyl sites for hydroxylation is 1. The normalized spacial score (nSPS) is 14.1. The van der Waals surface area contributed by atoms with E-state index in [1.165, 1.54) is 6.20 Å². The van der Waals surface area contributed by atoms with Gasteiger partial charge in [0.1, 0.15) is 5.60 Å². The Morgan fingerprint density at radius 3 is 2.50 bits per heavy atom. The quantitative estimate of drug-likeness (QED) is 0.212. The molecule has 6 aromatic rings. The van der Waals surface area contributed by atoms with Crippen LogP contribution in [-0.2, 0) is 4.74 Å². The fourth-order valence-electron chi connectivity index (χ4n) is 6.49. The summed E-state index contributed by atoms with van der Waals surface area (Å²) in [6.45, 7) is 8.75. The first-order valence-corrected chi connectivity index (χ1v) is 16.3. The number of rotatable bonds is 4. The van der Waals surface area contributed by atoms with Crippen LogP contribution >= 0.6 is 11.6 Å². The number of amides is 1. The Labute approximate surface area is 281 Å². The average molecular weight is 663 g/mol. The fraction of sp³-hybridized carbons (Fsp3) is 0.270. The van der Waals surface area contributed by atoms with E-state index in [9.17, 15) is 14.4 Å². The second-order valence-electron chi connectivity index (χ2n) is 13.2. The van der Waals surface area contributed by atoms with E-state index in [0.29, 0.717) is 34.7 Å². The third-order valence-corrected chi connectivity index (χ3v) is 9.10. The maximum absolute atomic E-state index is 13.8. The first-order valence-electron chi connectivity index (χ1n) is 15.9. The molecule has 1 aliphatic rings. The molecule has 244 valence electrons. The number of carbonyl (C=O) groups is 1. The molecule has 1 saturated heterocycles. The van der Waals surface area contributed by atoms with Gasteiger partial charge in [-0.15, -0.1) is 0 Å². The largest absolute Gasteiger partial charge is 0.444 e. The van der Waals surface area contributed by atoms with Gasteiger partial charge in [-0.2, -0.15) is 5.10 Å². The molecule has 1 aliphatic heterocycles. The zero-order chi connectivity index (χ0) is 33.7. The molecule has 1 N–H and O–H groups in total. The maximum Gasteiger partial charge on any atom is 0.410 e. The molecule has 0 bridgehead atoms. The topological polar surface area (TPSA) is 115 Å². The summed E-state index contributed by atoms with van der Waals surface area (Å²) >= 11 is 6.87. The second-order valence-corrected chi connectivity index (χ2v) is 13.6. The highest BCUT2D eigenvalue weighted by Crippen LogP contribution is 2.40. The van der Waals surface area contributed by atoms with E-state index in [-0.39, 0.29) is 12.1 Å². The molecule has 48 heavy (non-hydrogen) atoms. The van der Waals surface area contributed by atoms with E-state index in [4.69, 9.17) is 21.4 Å². The molecule has 1 fully saturated rings. The standard InChI is InChI=1S/C37H35ClN6O4/c1-22-29(21-43(41-22)25-14-16-42(17-15-25)36(47)48-37(2,3)4)27-10-7-11-30(38)33(27)23-12-13-28-31(18-23)40-35(46)44(34(28)45)32-20-39-19-24-8-5-6-9-26(24)32/h5-13,18-21,25H,14-17H2,1-4H3,(H,40,46). The zero-order valence-electron chi connectivity index (χ0n) is 27.2. The molecule has 1 amide bonds. The highest BCUT2D eigenvalue weighted by Gasteiger charge is 2.29. The highest BCUT2D eigenvalue weighted by molar-refractivity contribution is 6.34. The first kappa shape index (κ1) is 31.4. The van der Waals surface area contributed by atoms with Gasteiger partial charge in [-0.25, -0.2) is 14.2 Å². The lowest BCUT2D eigenvalue weighted by molar-refractivity contribution is 0.0184. The third kappa shape index (κ3) is 5.77. The smallest absolute Gasteiger partial charge is 0.410 e. The van der Waals surface area contributed by atoms with Crippen molar-refractivity contribution in [1.82, 2.24) is 29.2 Å². The summed E-state index contributed by atoms with van der Waals surface area (Å²) in [5.41, 5.74) is 3.46. The number of nitrogens with zero attached hydrogens (tertiary/aromatic N) is 5. The molecule has 0 radical (unpaired) electrons. The summed E-state index contributed by atoms with van der Waals surface area (Å²) in [5.74, 6) is 0. The van der Waals surface area contributed by atoms with Crippen LogP contribution in [0.3, 0.4) is 0 Å². The van der Waals surface area contributed by atoms with Crippen molar-refractivity contribution in [3.63, 3.8) is 0 Å². The number of carbonyl (C=O) groups excluding carboxylic acids is 1. The number of pyridine rings is 1. The van der Waals surface area contributed by atoms with Crippen molar-refractivity contribution in [1.29, 1.82) is 0 Å². The van der Waals surface area contributed by atoms with Gasteiger partial charge in [0, 0.05) is 52.4 Å². The molecular weight excluding hydrogens is 628 g/mol. The zero-order valence-corrected chi connectivity index (χ0v) is 27.9. The molecular formula is C37H35ClN6O4. The number of halogens is 1. The Morgan fingerprint density at radius 1 is 0.958 bits per heavy atom. The van der Waals surface area contributed by atoms with Gasteiger partial charge in [0.15, 0.2) is 0 Å². The van der Waals surface area contributed by atoms with Crippen molar-refractivity contribution in [3.05, 3.63) is 111 Å². The van der Waals surface area contributed by atoms with Gasteiger partial charge in [-0.3, -0.25) is 14.5 Å².